The van der Waals surface area contributed by atoms with Gasteiger partial charge < -0.3 is 19.9 Å². The molecule has 1 saturated heterocycles. The molecule has 7 heteroatoms. The summed E-state index contributed by atoms with van der Waals surface area (Å²) < 4.78 is 17.8. The van der Waals surface area contributed by atoms with Crippen LogP contribution in [0.3, 0.4) is 0 Å². The normalized spacial score (nSPS) is 23.1. The average molecular weight is 470 g/mol. The van der Waals surface area contributed by atoms with E-state index in [0.717, 1.165) is 28.0 Å². The van der Waals surface area contributed by atoms with Crippen LogP contribution in [0.2, 0.25) is 0 Å². The molecule has 1 unspecified atom stereocenters. The van der Waals surface area contributed by atoms with Gasteiger partial charge in [0.05, 0.1) is 18.6 Å². The van der Waals surface area contributed by atoms with E-state index in [0.29, 0.717) is 25.5 Å². The third kappa shape index (κ3) is 3.18. The van der Waals surface area contributed by atoms with Crippen LogP contribution in [0, 0.1) is 5.41 Å². The fraction of sp³-hybridized carbons (Fsp3) is 0.321. The summed E-state index contributed by atoms with van der Waals surface area (Å²) in [5, 5.41) is 0. The zero-order valence-corrected chi connectivity index (χ0v) is 19.8. The van der Waals surface area contributed by atoms with Crippen molar-refractivity contribution in [1.29, 1.82) is 0 Å². The monoisotopic (exact) mass is 469 g/mol. The number of aliphatic imine (C=N–C) groups is 1. The van der Waals surface area contributed by atoms with Crippen LogP contribution >= 0.6 is 0 Å². The van der Waals surface area contributed by atoms with Gasteiger partial charge in [-0.25, -0.2) is 4.99 Å². The minimum atomic E-state index is -0.721. The van der Waals surface area contributed by atoms with Gasteiger partial charge in [-0.15, -0.1) is 0 Å². The van der Waals surface area contributed by atoms with Crippen molar-refractivity contribution in [3.05, 3.63) is 83.7 Å². The summed E-state index contributed by atoms with van der Waals surface area (Å²) in [4.78, 5) is 22.4. The summed E-state index contributed by atoms with van der Waals surface area (Å²) in [6, 6.07) is 19.7. The van der Waals surface area contributed by atoms with Gasteiger partial charge in [0.1, 0.15) is 29.2 Å². The third-order valence-electron chi connectivity index (χ3n) is 7.75. The number of carbonyl (C=O) groups excluding carboxylic acids is 1. The lowest BCUT2D eigenvalue weighted by molar-refractivity contribution is -0.247. The fourth-order valence-corrected chi connectivity index (χ4v) is 5.57. The molecule has 1 fully saturated rings. The molecular formula is C28H27N3O4. The molecule has 35 heavy (non-hydrogen) atoms. The zero-order valence-electron chi connectivity index (χ0n) is 19.8. The lowest BCUT2D eigenvalue weighted by Gasteiger charge is -2.61. The van der Waals surface area contributed by atoms with Gasteiger partial charge in [0.2, 0.25) is 0 Å². The number of carbonyl (C=O) groups is 1. The maximum Gasteiger partial charge on any atom is 0.283 e. The molecule has 7 nitrogen and oxygen atoms in total. The molecule has 2 spiro atoms. The van der Waals surface area contributed by atoms with E-state index in [1.54, 1.807) is 12.3 Å². The lowest BCUT2D eigenvalue weighted by atomic mass is 9.55. The summed E-state index contributed by atoms with van der Waals surface area (Å²) in [5.41, 5.74) is 8.58. The maximum absolute atomic E-state index is 13.1. The van der Waals surface area contributed by atoms with E-state index in [2.05, 4.69) is 18.8 Å². The molecule has 2 N–H and O–H groups in total. The van der Waals surface area contributed by atoms with Crippen LogP contribution in [0.15, 0.2) is 71.9 Å². The van der Waals surface area contributed by atoms with Gasteiger partial charge in [0.25, 0.3) is 6.02 Å². The number of ketones is 1. The van der Waals surface area contributed by atoms with E-state index in [4.69, 9.17) is 24.9 Å². The van der Waals surface area contributed by atoms with Crippen LogP contribution in [0.4, 0.5) is 0 Å². The molecule has 0 radical (unpaired) electrons. The van der Waals surface area contributed by atoms with Crippen molar-refractivity contribution in [3.63, 3.8) is 0 Å². The SMILES string of the molecule is CC1(C)Oc2ccc(CC(=O)c3ccc(-c4ccccc4)cn3)cc2C2(COC(N)=N2)C12COC2. The number of benzene rings is 2. The Balaban J connectivity index is 1.32. The molecule has 0 bridgehead atoms. The minimum absolute atomic E-state index is 0.0527. The molecule has 3 aliphatic heterocycles. The largest absolute Gasteiger partial charge is 0.487 e. The summed E-state index contributed by atoms with van der Waals surface area (Å²) in [6.45, 7) is 5.45. The summed E-state index contributed by atoms with van der Waals surface area (Å²) in [6.07, 6.45) is 1.96. The Hall–Kier alpha value is -3.71. The second-order valence-corrected chi connectivity index (χ2v) is 10.0. The van der Waals surface area contributed by atoms with Crippen molar-refractivity contribution >= 4 is 11.8 Å². The average Bonchev–Trinajstić information content (AvgIpc) is 3.21. The summed E-state index contributed by atoms with van der Waals surface area (Å²) >= 11 is 0. The number of fused-ring (bicyclic) bond motifs is 3. The first-order valence-electron chi connectivity index (χ1n) is 11.8. The molecule has 1 aromatic heterocycles. The fourth-order valence-electron chi connectivity index (χ4n) is 5.57. The van der Waals surface area contributed by atoms with Crippen LogP contribution in [0.1, 0.15) is 35.5 Å². The van der Waals surface area contributed by atoms with E-state index in [1.165, 1.54) is 0 Å². The number of Topliss-reactive ketones (excluding diaryl/α,β-unsaturated/α-hetero) is 1. The number of hydrogen-bond donors (Lipinski definition) is 1. The highest BCUT2D eigenvalue weighted by atomic mass is 16.5. The van der Waals surface area contributed by atoms with Crippen LogP contribution in [0.5, 0.6) is 5.75 Å². The second kappa shape index (κ2) is 7.65. The van der Waals surface area contributed by atoms with Crippen molar-refractivity contribution in [2.75, 3.05) is 19.8 Å². The Bertz CT molecular complexity index is 1330. The van der Waals surface area contributed by atoms with Crippen LogP contribution in [-0.4, -0.2) is 42.2 Å². The standard InChI is InChI=1S/C28H27N3O4/c1-26(2)27(15-33-16-27)28(17-34-25(29)31-28)21-12-18(8-11-24(21)35-26)13-23(32)22-10-9-20(14-30-22)19-6-4-3-5-7-19/h3-12,14H,13,15-17H2,1-2H3,(H2,29,31). The number of pyridine rings is 1. The van der Waals surface area contributed by atoms with Gasteiger partial charge in [-0.1, -0.05) is 42.5 Å². The van der Waals surface area contributed by atoms with Gasteiger partial charge in [-0.3, -0.25) is 9.78 Å². The van der Waals surface area contributed by atoms with E-state index >= 15 is 0 Å². The molecule has 0 aliphatic carbocycles. The highest BCUT2D eigenvalue weighted by Crippen LogP contribution is 2.62. The van der Waals surface area contributed by atoms with E-state index in [-0.39, 0.29) is 18.2 Å². The van der Waals surface area contributed by atoms with Gasteiger partial charge in [-0.2, -0.15) is 0 Å². The van der Waals surface area contributed by atoms with E-state index in [9.17, 15) is 4.79 Å². The number of ether oxygens (including phenoxy) is 3. The molecule has 0 amide bonds. The molecule has 6 rings (SSSR count). The van der Waals surface area contributed by atoms with Crippen LogP contribution < -0.4 is 10.5 Å². The Kier molecular flexibility index (Phi) is 4.76. The Labute approximate surface area is 203 Å². The van der Waals surface area contributed by atoms with Crippen molar-refractivity contribution in [3.8, 4) is 16.9 Å². The van der Waals surface area contributed by atoms with E-state index in [1.807, 2.05) is 54.6 Å². The summed E-state index contributed by atoms with van der Waals surface area (Å²) in [5.74, 6) is 0.680. The highest BCUT2D eigenvalue weighted by molar-refractivity contribution is 5.96. The molecule has 3 aromatic rings. The first-order chi connectivity index (χ1) is 16.8. The molecule has 0 saturated carbocycles. The topological polar surface area (TPSA) is 96.0 Å². The van der Waals surface area contributed by atoms with Gasteiger partial charge in [0, 0.05) is 23.7 Å². The number of nitrogens with zero attached hydrogens (tertiary/aromatic N) is 2. The first-order valence-corrected chi connectivity index (χ1v) is 11.8. The van der Waals surface area contributed by atoms with Crippen LogP contribution in [0.25, 0.3) is 11.1 Å². The molecule has 2 aromatic carbocycles. The minimum Gasteiger partial charge on any atom is -0.487 e. The van der Waals surface area contributed by atoms with Crippen molar-refractivity contribution in [1.82, 2.24) is 4.98 Å². The lowest BCUT2D eigenvalue weighted by Crippen LogP contribution is -2.71. The van der Waals surface area contributed by atoms with Gasteiger partial charge in [0.15, 0.2) is 5.78 Å². The third-order valence-corrected chi connectivity index (χ3v) is 7.75. The highest BCUT2D eigenvalue weighted by Gasteiger charge is 2.71. The molecule has 178 valence electrons. The Morgan fingerprint density at radius 1 is 1.00 bits per heavy atom. The van der Waals surface area contributed by atoms with Crippen molar-refractivity contribution in [2.24, 2.45) is 16.1 Å². The number of aromatic nitrogens is 1. The van der Waals surface area contributed by atoms with Crippen molar-refractivity contribution in [2.45, 2.75) is 31.4 Å². The maximum atomic E-state index is 13.1. The smallest absolute Gasteiger partial charge is 0.283 e. The Morgan fingerprint density at radius 2 is 1.80 bits per heavy atom. The first kappa shape index (κ1) is 21.8. The molecule has 3 aliphatic rings. The summed E-state index contributed by atoms with van der Waals surface area (Å²) in [7, 11) is 0. The number of rotatable bonds is 4. The predicted molar refractivity (Wildman–Crippen MR) is 131 cm³/mol. The molecule has 4 heterocycles. The van der Waals surface area contributed by atoms with Crippen molar-refractivity contribution < 1.29 is 19.0 Å². The number of hydrogen-bond acceptors (Lipinski definition) is 7. The van der Waals surface area contributed by atoms with Gasteiger partial charge >= 0.3 is 0 Å². The number of nitrogens with two attached hydrogens (primary N) is 1. The molecular weight excluding hydrogens is 442 g/mol. The second-order valence-electron chi connectivity index (χ2n) is 10.0. The Morgan fingerprint density at radius 3 is 2.43 bits per heavy atom. The van der Waals surface area contributed by atoms with Gasteiger partial charge in [-0.05, 0) is 43.2 Å². The molecule has 1 atom stereocenters. The number of amidine groups is 1. The predicted octanol–water partition coefficient (Wildman–Crippen LogP) is 3.90. The quantitative estimate of drug-likeness (QED) is 0.582. The van der Waals surface area contributed by atoms with E-state index < -0.39 is 16.6 Å². The zero-order chi connectivity index (χ0) is 24.3. The van der Waals surface area contributed by atoms with Crippen LogP contribution in [-0.2, 0) is 21.4 Å².